The Morgan fingerprint density at radius 2 is 1.60 bits per heavy atom. The second kappa shape index (κ2) is 4.31. The van der Waals surface area contributed by atoms with Crippen LogP contribution in [0.4, 0.5) is 0 Å². The molecule has 0 atom stereocenters. The molecule has 0 aliphatic heterocycles. The number of rotatable bonds is 4. The van der Waals surface area contributed by atoms with Crippen LogP contribution in [0, 0.1) is 5.41 Å². The van der Waals surface area contributed by atoms with Crippen molar-refractivity contribution in [1.29, 1.82) is 0 Å². The first-order valence-electron chi connectivity index (χ1n) is 3.93. The van der Waals surface area contributed by atoms with Gasteiger partial charge in [0.2, 0.25) is 0 Å². The van der Waals surface area contributed by atoms with E-state index in [0.29, 0.717) is 0 Å². The van der Waals surface area contributed by atoms with E-state index in [-0.39, 0.29) is 5.41 Å². The van der Waals surface area contributed by atoms with Gasteiger partial charge in [0.25, 0.3) is 0 Å². The normalized spacial score (nSPS) is 12.7. The molecular weight excluding hydrogens is 126 g/mol. The van der Waals surface area contributed by atoms with Crippen LogP contribution in [0.5, 0.6) is 0 Å². The number of nitrogens with zero attached hydrogens (tertiary/aromatic N) is 1. The molecule has 0 unspecified atom stereocenters. The smallest absolute Gasteiger partial charge is 0.0497 e. The van der Waals surface area contributed by atoms with Crippen molar-refractivity contribution in [2.24, 2.45) is 10.6 Å². The summed E-state index contributed by atoms with van der Waals surface area (Å²) in [5.74, 6) is 0. The zero-order valence-electron chi connectivity index (χ0n) is 7.09. The fourth-order valence-corrected chi connectivity index (χ4v) is 1.15. The van der Waals surface area contributed by atoms with E-state index in [9.17, 15) is 0 Å². The van der Waals surface area contributed by atoms with Gasteiger partial charge in [-0.15, -0.1) is 5.16 Å². The Balaban J connectivity index is 4.15. The molecule has 0 saturated heterocycles. The Kier molecular flexibility index (Phi) is 4.08. The highest BCUT2D eigenvalue weighted by Gasteiger charge is 2.20. The van der Waals surface area contributed by atoms with Gasteiger partial charge >= 0.3 is 0 Å². The second-order valence-corrected chi connectivity index (χ2v) is 2.67. The number of oxime groups is 1. The highest BCUT2D eigenvalue weighted by molar-refractivity contribution is 5.64. The molecule has 2 nitrogen and oxygen atoms in total. The van der Waals surface area contributed by atoms with Crippen molar-refractivity contribution < 1.29 is 5.21 Å². The van der Waals surface area contributed by atoms with Crippen LogP contribution in [0.2, 0.25) is 0 Å². The minimum absolute atomic E-state index is 0.134. The molecule has 0 aliphatic rings. The molecule has 0 spiro atoms. The van der Waals surface area contributed by atoms with Crippen LogP contribution < -0.4 is 0 Å². The quantitative estimate of drug-likeness (QED) is 0.366. The molecule has 0 amide bonds. The Bertz CT molecular complexity index is 97.6. The summed E-state index contributed by atoms with van der Waals surface area (Å²) >= 11 is 0. The predicted molar refractivity (Wildman–Crippen MR) is 43.6 cm³/mol. The van der Waals surface area contributed by atoms with E-state index in [1.165, 1.54) is 0 Å². The molecule has 0 saturated carbocycles. The lowest BCUT2D eigenvalue weighted by atomic mass is 9.81. The van der Waals surface area contributed by atoms with Crippen LogP contribution in [0.1, 0.15) is 40.0 Å². The van der Waals surface area contributed by atoms with E-state index in [1.807, 2.05) is 0 Å². The van der Waals surface area contributed by atoms with E-state index in [2.05, 4.69) is 25.9 Å². The Morgan fingerprint density at radius 3 is 1.70 bits per heavy atom. The summed E-state index contributed by atoms with van der Waals surface area (Å²) in [6.45, 7) is 6.36. The molecule has 2 heteroatoms. The largest absolute Gasteiger partial charge is 0.411 e. The van der Waals surface area contributed by atoms with Gasteiger partial charge in [-0.05, 0) is 19.3 Å². The van der Waals surface area contributed by atoms with Crippen LogP contribution in [-0.4, -0.2) is 11.4 Å². The van der Waals surface area contributed by atoms with Crippen molar-refractivity contribution in [3.63, 3.8) is 0 Å². The number of hydrogen-bond acceptors (Lipinski definition) is 2. The first kappa shape index (κ1) is 9.47. The van der Waals surface area contributed by atoms with Crippen LogP contribution in [0.3, 0.4) is 0 Å². The molecule has 0 radical (unpaired) electrons. The van der Waals surface area contributed by atoms with Crippen molar-refractivity contribution in [2.45, 2.75) is 40.0 Å². The summed E-state index contributed by atoms with van der Waals surface area (Å²) in [5.41, 5.74) is 0.134. The van der Waals surface area contributed by atoms with Crippen LogP contribution in [0.15, 0.2) is 5.16 Å². The van der Waals surface area contributed by atoms with Crippen LogP contribution in [0.25, 0.3) is 0 Å². The molecule has 0 fully saturated rings. The Morgan fingerprint density at radius 1 is 1.20 bits per heavy atom. The summed E-state index contributed by atoms with van der Waals surface area (Å²) in [6.07, 6.45) is 4.80. The third-order valence-corrected chi connectivity index (χ3v) is 2.44. The maximum Gasteiger partial charge on any atom is 0.0497 e. The lowest BCUT2D eigenvalue weighted by molar-refractivity contribution is 0.301. The van der Waals surface area contributed by atoms with Gasteiger partial charge in [0.05, 0.1) is 0 Å². The maximum absolute atomic E-state index is 8.36. The monoisotopic (exact) mass is 143 g/mol. The van der Waals surface area contributed by atoms with E-state index >= 15 is 0 Å². The zero-order valence-corrected chi connectivity index (χ0v) is 7.09. The first-order chi connectivity index (χ1) is 4.74. The Hall–Kier alpha value is -0.530. The minimum Gasteiger partial charge on any atom is -0.411 e. The van der Waals surface area contributed by atoms with E-state index in [0.717, 1.165) is 19.3 Å². The van der Waals surface area contributed by atoms with Gasteiger partial charge in [0.15, 0.2) is 0 Å². The van der Waals surface area contributed by atoms with Crippen molar-refractivity contribution in [2.75, 3.05) is 0 Å². The van der Waals surface area contributed by atoms with Gasteiger partial charge in [0.1, 0.15) is 0 Å². The summed E-state index contributed by atoms with van der Waals surface area (Å²) in [4.78, 5) is 0. The topological polar surface area (TPSA) is 32.6 Å². The van der Waals surface area contributed by atoms with E-state index in [1.54, 1.807) is 6.21 Å². The fourth-order valence-electron chi connectivity index (χ4n) is 1.15. The van der Waals surface area contributed by atoms with Crippen LogP contribution in [-0.2, 0) is 0 Å². The molecule has 0 heterocycles. The van der Waals surface area contributed by atoms with Crippen molar-refractivity contribution in [3.05, 3.63) is 0 Å². The summed E-state index contributed by atoms with van der Waals surface area (Å²) < 4.78 is 0. The number of hydrogen-bond donors (Lipinski definition) is 1. The lowest BCUT2D eigenvalue weighted by Gasteiger charge is -2.23. The molecule has 1 N–H and O–H groups in total. The highest BCUT2D eigenvalue weighted by Crippen LogP contribution is 2.27. The summed E-state index contributed by atoms with van der Waals surface area (Å²) in [7, 11) is 0. The van der Waals surface area contributed by atoms with Gasteiger partial charge in [-0.3, -0.25) is 0 Å². The molecule has 0 bridgehead atoms. The van der Waals surface area contributed by atoms with Gasteiger partial charge in [-0.25, -0.2) is 0 Å². The summed E-state index contributed by atoms with van der Waals surface area (Å²) in [6, 6.07) is 0. The van der Waals surface area contributed by atoms with Gasteiger partial charge < -0.3 is 5.21 Å². The van der Waals surface area contributed by atoms with Gasteiger partial charge in [0, 0.05) is 11.6 Å². The minimum atomic E-state index is 0.134. The zero-order chi connectivity index (χ0) is 8.04. The second-order valence-electron chi connectivity index (χ2n) is 2.67. The highest BCUT2D eigenvalue weighted by atomic mass is 16.4. The fraction of sp³-hybridized carbons (Fsp3) is 0.875. The molecular formula is C8H17NO. The molecule has 0 aromatic carbocycles. The van der Waals surface area contributed by atoms with E-state index in [4.69, 9.17) is 5.21 Å². The standard InChI is InChI=1S/C8H17NO/c1-4-8(5-2,6-3)7-9-10/h7,10H,4-6H2,1-3H3. The first-order valence-corrected chi connectivity index (χ1v) is 3.93. The van der Waals surface area contributed by atoms with Gasteiger partial charge in [-0.2, -0.15) is 0 Å². The predicted octanol–water partition coefficient (Wildman–Crippen LogP) is 2.66. The van der Waals surface area contributed by atoms with Crippen molar-refractivity contribution in [1.82, 2.24) is 0 Å². The maximum atomic E-state index is 8.36. The molecule has 0 aliphatic carbocycles. The SMILES string of the molecule is CCC(C=NO)(CC)CC. The third kappa shape index (κ3) is 2.01. The van der Waals surface area contributed by atoms with E-state index < -0.39 is 0 Å². The van der Waals surface area contributed by atoms with Crippen molar-refractivity contribution in [3.8, 4) is 0 Å². The molecule has 10 heavy (non-hydrogen) atoms. The Labute approximate surface area is 62.9 Å². The third-order valence-electron chi connectivity index (χ3n) is 2.44. The molecule has 0 aromatic heterocycles. The van der Waals surface area contributed by atoms with Gasteiger partial charge in [-0.1, -0.05) is 20.8 Å². The van der Waals surface area contributed by atoms with Crippen LogP contribution >= 0.6 is 0 Å². The molecule has 60 valence electrons. The average Bonchev–Trinajstić information content (AvgIpc) is 2.01. The summed E-state index contributed by atoms with van der Waals surface area (Å²) in [5, 5.41) is 11.5. The lowest BCUT2D eigenvalue weighted by Crippen LogP contribution is -2.19. The molecule has 0 aromatic rings. The molecule has 0 rings (SSSR count). The average molecular weight is 143 g/mol. The van der Waals surface area contributed by atoms with Crippen molar-refractivity contribution >= 4 is 6.21 Å².